The van der Waals surface area contributed by atoms with Crippen molar-refractivity contribution in [3.05, 3.63) is 16.6 Å². The SMILES string of the molecule is CC(NC1CCOC(C)(C)C1)c1cncs1. The molecule has 0 bridgehead atoms. The number of ether oxygens (including phenoxy) is 1. The second kappa shape index (κ2) is 4.82. The highest BCUT2D eigenvalue weighted by Gasteiger charge is 2.29. The summed E-state index contributed by atoms with van der Waals surface area (Å²) >= 11 is 1.71. The summed E-state index contributed by atoms with van der Waals surface area (Å²) in [6.45, 7) is 7.40. The topological polar surface area (TPSA) is 34.1 Å². The van der Waals surface area contributed by atoms with Crippen LogP contribution in [0.25, 0.3) is 0 Å². The molecule has 1 saturated heterocycles. The van der Waals surface area contributed by atoms with Crippen molar-refractivity contribution in [3.63, 3.8) is 0 Å². The average molecular weight is 240 g/mol. The third-order valence-corrected chi connectivity index (χ3v) is 4.02. The van der Waals surface area contributed by atoms with E-state index in [1.165, 1.54) is 4.88 Å². The maximum Gasteiger partial charge on any atom is 0.0794 e. The smallest absolute Gasteiger partial charge is 0.0794 e. The Balaban J connectivity index is 1.90. The van der Waals surface area contributed by atoms with Crippen LogP contribution in [0.3, 0.4) is 0 Å². The minimum Gasteiger partial charge on any atom is -0.375 e. The van der Waals surface area contributed by atoms with Gasteiger partial charge in [0.05, 0.1) is 11.1 Å². The van der Waals surface area contributed by atoms with E-state index in [0.717, 1.165) is 19.4 Å². The molecule has 4 heteroatoms. The second-order valence-corrected chi connectivity index (χ2v) is 6.01. The molecule has 1 aromatic rings. The molecule has 1 N–H and O–H groups in total. The normalized spacial score (nSPS) is 26.6. The summed E-state index contributed by atoms with van der Waals surface area (Å²) < 4.78 is 5.72. The van der Waals surface area contributed by atoms with Crippen molar-refractivity contribution in [2.75, 3.05) is 6.61 Å². The summed E-state index contributed by atoms with van der Waals surface area (Å²) in [7, 11) is 0. The van der Waals surface area contributed by atoms with Gasteiger partial charge in [0.15, 0.2) is 0 Å². The van der Waals surface area contributed by atoms with Crippen LogP contribution in [-0.4, -0.2) is 23.2 Å². The van der Waals surface area contributed by atoms with Crippen molar-refractivity contribution in [1.82, 2.24) is 10.3 Å². The monoisotopic (exact) mass is 240 g/mol. The third kappa shape index (κ3) is 3.03. The average Bonchev–Trinajstić information content (AvgIpc) is 2.68. The van der Waals surface area contributed by atoms with Gasteiger partial charge in [0, 0.05) is 29.8 Å². The van der Waals surface area contributed by atoms with Gasteiger partial charge >= 0.3 is 0 Å². The van der Waals surface area contributed by atoms with Crippen LogP contribution in [0.1, 0.15) is 44.5 Å². The highest BCUT2D eigenvalue weighted by atomic mass is 32.1. The van der Waals surface area contributed by atoms with Gasteiger partial charge in [-0.2, -0.15) is 0 Å². The van der Waals surface area contributed by atoms with E-state index in [2.05, 4.69) is 31.1 Å². The molecular formula is C12H20N2OS. The Labute approximate surface area is 101 Å². The molecule has 0 aliphatic carbocycles. The van der Waals surface area contributed by atoms with E-state index in [-0.39, 0.29) is 5.60 Å². The summed E-state index contributed by atoms with van der Waals surface area (Å²) in [4.78, 5) is 5.43. The molecule has 2 unspecified atom stereocenters. The second-order valence-electron chi connectivity index (χ2n) is 5.09. The van der Waals surface area contributed by atoms with Crippen LogP contribution in [0, 0.1) is 0 Å². The number of aromatic nitrogens is 1. The number of rotatable bonds is 3. The van der Waals surface area contributed by atoms with Crippen LogP contribution in [0.4, 0.5) is 0 Å². The zero-order valence-electron chi connectivity index (χ0n) is 10.2. The molecule has 2 heterocycles. The molecule has 0 saturated carbocycles. The van der Waals surface area contributed by atoms with Crippen LogP contribution in [0.2, 0.25) is 0 Å². The van der Waals surface area contributed by atoms with Gasteiger partial charge < -0.3 is 10.1 Å². The first-order valence-corrected chi connectivity index (χ1v) is 6.73. The van der Waals surface area contributed by atoms with Crippen LogP contribution < -0.4 is 5.32 Å². The van der Waals surface area contributed by atoms with E-state index < -0.39 is 0 Å². The van der Waals surface area contributed by atoms with Gasteiger partial charge in [0.2, 0.25) is 0 Å². The zero-order valence-corrected chi connectivity index (χ0v) is 11.0. The predicted molar refractivity (Wildman–Crippen MR) is 66.7 cm³/mol. The molecule has 1 aliphatic rings. The van der Waals surface area contributed by atoms with Crippen molar-refractivity contribution in [2.45, 2.75) is 51.3 Å². The minimum atomic E-state index is 0.0172. The van der Waals surface area contributed by atoms with E-state index >= 15 is 0 Å². The molecule has 1 aliphatic heterocycles. The van der Waals surface area contributed by atoms with Gasteiger partial charge in [0.25, 0.3) is 0 Å². The molecule has 0 aromatic carbocycles. The number of nitrogens with zero attached hydrogens (tertiary/aromatic N) is 1. The number of hydrogen-bond acceptors (Lipinski definition) is 4. The maximum absolute atomic E-state index is 5.72. The minimum absolute atomic E-state index is 0.0172. The first-order chi connectivity index (χ1) is 7.57. The van der Waals surface area contributed by atoms with E-state index in [4.69, 9.17) is 4.74 Å². The maximum atomic E-state index is 5.72. The number of hydrogen-bond donors (Lipinski definition) is 1. The Bertz CT molecular complexity index is 324. The van der Waals surface area contributed by atoms with Crippen LogP contribution >= 0.6 is 11.3 Å². The van der Waals surface area contributed by atoms with Crippen molar-refractivity contribution in [1.29, 1.82) is 0 Å². The summed E-state index contributed by atoms with van der Waals surface area (Å²) in [5, 5.41) is 3.67. The quantitative estimate of drug-likeness (QED) is 0.882. The summed E-state index contributed by atoms with van der Waals surface area (Å²) in [6.07, 6.45) is 4.13. The van der Waals surface area contributed by atoms with Gasteiger partial charge in [-0.3, -0.25) is 4.98 Å². The summed E-state index contributed by atoms with van der Waals surface area (Å²) in [5.74, 6) is 0. The third-order valence-electron chi connectivity index (χ3n) is 3.06. The van der Waals surface area contributed by atoms with Crippen molar-refractivity contribution in [3.8, 4) is 0 Å². The lowest BCUT2D eigenvalue weighted by atomic mass is 9.93. The number of thiazole rings is 1. The molecule has 1 fully saturated rings. The standard InChI is InChI=1S/C12H20N2OS/c1-9(11-7-13-8-16-11)14-10-4-5-15-12(2,3)6-10/h7-10,14H,4-6H2,1-3H3. The van der Waals surface area contributed by atoms with Crippen molar-refractivity contribution >= 4 is 11.3 Å². The van der Waals surface area contributed by atoms with Gasteiger partial charge in [-0.25, -0.2) is 0 Å². The number of nitrogens with one attached hydrogen (secondary N) is 1. The van der Waals surface area contributed by atoms with E-state index in [9.17, 15) is 0 Å². The molecule has 1 aromatic heterocycles. The fraction of sp³-hybridized carbons (Fsp3) is 0.750. The molecule has 90 valence electrons. The molecule has 16 heavy (non-hydrogen) atoms. The van der Waals surface area contributed by atoms with Crippen molar-refractivity contribution < 1.29 is 4.74 Å². The lowest BCUT2D eigenvalue weighted by molar-refractivity contribution is -0.0639. The van der Waals surface area contributed by atoms with Gasteiger partial charge in [0.1, 0.15) is 0 Å². The van der Waals surface area contributed by atoms with Crippen LogP contribution in [-0.2, 0) is 4.74 Å². The van der Waals surface area contributed by atoms with Crippen LogP contribution in [0.15, 0.2) is 11.7 Å². The Morgan fingerprint density at radius 2 is 2.44 bits per heavy atom. The Morgan fingerprint density at radius 3 is 3.06 bits per heavy atom. The molecule has 0 amide bonds. The highest BCUT2D eigenvalue weighted by Crippen LogP contribution is 2.26. The lowest BCUT2D eigenvalue weighted by Crippen LogP contribution is -2.44. The van der Waals surface area contributed by atoms with E-state index in [0.29, 0.717) is 12.1 Å². The molecular weight excluding hydrogens is 220 g/mol. The zero-order chi connectivity index (χ0) is 11.6. The first-order valence-electron chi connectivity index (χ1n) is 5.85. The lowest BCUT2D eigenvalue weighted by Gasteiger charge is -2.37. The fourth-order valence-corrected chi connectivity index (χ4v) is 2.89. The Morgan fingerprint density at radius 1 is 1.62 bits per heavy atom. The van der Waals surface area contributed by atoms with Crippen molar-refractivity contribution in [2.24, 2.45) is 0 Å². The molecule has 0 radical (unpaired) electrons. The molecule has 2 rings (SSSR count). The Hall–Kier alpha value is -0.450. The predicted octanol–water partition coefficient (Wildman–Crippen LogP) is 2.75. The van der Waals surface area contributed by atoms with Crippen LogP contribution in [0.5, 0.6) is 0 Å². The molecule has 2 atom stereocenters. The van der Waals surface area contributed by atoms with Gasteiger partial charge in [-0.15, -0.1) is 11.3 Å². The van der Waals surface area contributed by atoms with Gasteiger partial charge in [-0.1, -0.05) is 0 Å². The van der Waals surface area contributed by atoms with E-state index in [1.807, 2.05) is 11.7 Å². The largest absolute Gasteiger partial charge is 0.375 e. The summed E-state index contributed by atoms with van der Waals surface area (Å²) in [5.41, 5.74) is 1.91. The fourth-order valence-electron chi connectivity index (χ4n) is 2.25. The Kier molecular flexibility index (Phi) is 3.62. The highest BCUT2D eigenvalue weighted by molar-refractivity contribution is 7.09. The first kappa shape index (κ1) is 12.0. The van der Waals surface area contributed by atoms with Gasteiger partial charge in [-0.05, 0) is 33.6 Å². The summed E-state index contributed by atoms with van der Waals surface area (Å²) in [6, 6.07) is 0.951. The molecule has 3 nitrogen and oxygen atoms in total. The molecule has 0 spiro atoms. The van der Waals surface area contributed by atoms with E-state index in [1.54, 1.807) is 11.3 Å².